The maximum absolute atomic E-state index is 11.7. The fraction of sp³-hybridized carbons (Fsp3) is 0.533. The Labute approximate surface area is 112 Å². The zero-order valence-corrected chi connectivity index (χ0v) is 11.5. The Morgan fingerprint density at radius 2 is 2.26 bits per heavy atom. The monoisotopic (exact) mass is 261 g/mol. The largest absolute Gasteiger partial charge is 0.457 e. The van der Waals surface area contributed by atoms with Crippen LogP contribution in [0.25, 0.3) is 0 Å². The van der Waals surface area contributed by atoms with Gasteiger partial charge in [0, 0.05) is 5.41 Å². The van der Waals surface area contributed by atoms with Crippen LogP contribution in [0.4, 0.5) is 0 Å². The van der Waals surface area contributed by atoms with Crippen LogP contribution < -0.4 is 5.48 Å². The molecular weight excluding hydrogens is 242 g/mol. The molecule has 1 N–H and O–H groups in total. The summed E-state index contributed by atoms with van der Waals surface area (Å²) < 4.78 is 5.00. The third-order valence-electron chi connectivity index (χ3n) is 5.24. The summed E-state index contributed by atoms with van der Waals surface area (Å²) in [7, 11) is 0. The van der Waals surface area contributed by atoms with Gasteiger partial charge in [0.25, 0.3) is 0 Å². The van der Waals surface area contributed by atoms with Gasteiger partial charge in [-0.15, -0.1) is 0 Å². The van der Waals surface area contributed by atoms with Gasteiger partial charge < -0.3 is 9.25 Å². The van der Waals surface area contributed by atoms with E-state index in [4.69, 9.17) is 9.25 Å². The van der Waals surface area contributed by atoms with Crippen LogP contribution in [-0.4, -0.2) is 5.97 Å². The van der Waals surface area contributed by atoms with Gasteiger partial charge in [-0.3, -0.25) is 0 Å². The number of carbonyl (C=O) groups excluding carboxylic acids is 1. The van der Waals surface area contributed by atoms with Crippen molar-refractivity contribution in [1.82, 2.24) is 5.48 Å². The Bertz CT molecular complexity index is 530. The van der Waals surface area contributed by atoms with Crippen LogP contribution in [0.3, 0.4) is 0 Å². The van der Waals surface area contributed by atoms with Crippen LogP contribution in [0.15, 0.2) is 34.6 Å². The molecule has 2 bridgehead atoms. The normalized spacial score (nSPS) is 31.1. The van der Waals surface area contributed by atoms with Gasteiger partial charge in [-0.2, -0.15) is 0 Å². The molecule has 0 aliphatic heterocycles. The second kappa shape index (κ2) is 3.89. The number of furan rings is 1. The lowest BCUT2D eigenvalue weighted by Gasteiger charge is -2.36. The predicted molar refractivity (Wildman–Crippen MR) is 70.0 cm³/mol. The highest BCUT2D eigenvalue weighted by Crippen LogP contribution is 2.64. The van der Waals surface area contributed by atoms with E-state index in [1.165, 1.54) is 12.7 Å². The lowest BCUT2D eigenvalue weighted by molar-refractivity contribution is 0.0204. The number of hydrogen-bond donors (Lipinski definition) is 1. The molecule has 1 aromatic heterocycles. The van der Waals surface area contributed by atoms with Crippen molar-refractivity contribution in [2.75, 3.05) is 0 Å². The van der Waals surface area contributed by atoms with E-state index in [0.717, 1.165) is 12.1 Å². The van der Waals surface area contributed by atoms with Crippen molar-refractivity contribution in [3.8, 4) is 0 Å². The number of nitrogens with one attached hydrogen (secondary N) is 1. The molecule has 1 heterocycles. The second-order valence-electron chi connectivity index (χ2n) is 6.25. The molecule has 1 aromatic rings. The van der Waals surface area contributed by atoms with Gasteiger partial charge in [0.15, 0.2) is 0 Å². The molecule has 4 nitrogen and oxygen atoms in total. The molecule has 0 aromatic carbocycles. The second-order valence-corrected chi connectivity index (χ2v) is 6.25. The first-order valence-corrected chi connectivity index (χ1v) is 6.68. The van der Waals surface area contributed by atoms with Crippen molar-refractivity contribution in [2.45, 2.75) is 33.6 Å². The minimum atomic E-state index is -0.491. The highest BCUT2D eigenvalue weighted by atomic mass is 16.7. The summed E-state index contributed by atoms with van der Waals surface area (Å²) in [5.41, 5.74) is 4.14. The van der Waals surface area contributed by atoms with Crippen molar-refractivity contribution < 1.29 is 14.0 Å². The number of allylic oxidation sites excluding steroid dienone is 2. The van der Waals surface area contributed by atoms with Crippen molar-refractivity contribution in [1.29, 1.82) is 0 Å². The fourth-order valence-corrected chi connectivity index (χ4v) is 3.39. The molecule has 1 fully saturated rings. The van der Waals surface area contributed by atoms with Crippen LogP contribution in [-0.2, 0) is 4.84 Å². The molecule has 0 amide bonds. The van der Waals surface area contributed by atoms with Crippen LogP contribution >= 0.6 is 0 Å². The fourth-order valence-electron chi connectivity index (χ4n) is 3.39. The van der Waals surface area contributed by atoms with E-state index in [1.54, 1.807) is 12.1 Å². The van der Waals surface area contributed by atoms with Crippen LogP contribution in [0.2, 0.25) is 0 Å². The summed E-state index contributed by atoms with van der Waals surface area (Å²) in [6.07, 6.45) is 6.00. The van der Waals surface area contributed by atoms with E-state index < -0.39 is 5.97 Å². The Morgan fingerprint density at radius 1 is 1.47 bits per heavy atom. The van der Waals surface area contributed by atoms with E-state index >= 15 is 0 Å². The number of fused-ring (bicyclic) bond motifs is 2. The molecule has 2 unspecified atom stereocenters. The van der Waals surface area contributed by atoms with Gasteiger partial charge in [-0.05, 0) is 36.3 Å². The Morgan fingerprint density at radius 3 is 2.79 bits per heavy atom. The number of hydroxylamine groups is 1. The number of carbonyl (C=O) groups is 1. The van der Waals surface area contributed by atoms with Crippen LogP contribution in [0.1, 0.15) is 44.2 Å². The lowest BCUT2D eigenvalue weighted by atomic mass is 9.69. The minimum absolute atomic E-state index is 0.0567. The highest BCUT2D eigenvalue weighted by Gasteiger charge is 2.57. The topological polar surface area (TPSA) is 51.5 Å². The molecule has 2 atom stereocenters. The first-order valence-electron chi connectivity index (χ1n) is 6.68. The standard InChI is InChI=1S/C15H19NO3/c1-14(2)10-6-7-15(14,3)12(9-10)16-19-13(17)11-5-4-8-18-11/h4-5,8-10,16H,6-7H2,1-3H3. The molecule has 4 heteroatoms. The molecule has 0 radical (unpaired) electrons. The van der Waals surface area contributed by atoms with E-state index in [9.17, 15) is 4.79 Å². The maximum Gasteiger partial charge on any atom is 0.398 e. The highest BCUT2D eigenvalue weighted by molar-refractivity contribution is 5.86. The summed E-state index contributed by atoms with van der Waals surface area (Å²) in [6.45, 7) is 6.80. The molecule has 1 saturated carbocycles. The number of rotatable bonds is 3. The average Bonchev–Trinajstić information content (AvgIpc) is 3.01. The van der Waals surface area contributed by atoms with Gasteiger partial charge in [-0.1, -0.05) is 26.8 Å². The zero-order chi connectivity index (χ0) is 13.7. The Hall–Kier alpha value is -1.71. The Balaban J connectivity index is 1.70. The van der Waals surface area contributed by atoms with Gasteiger partial charge in [-0.25, -0.2) is 10.3 Å². The summed E-state index contributed by atoms with van der Waals surface area (Å²) >= 11 is 0. The van der Waals surface area contributed by atoms with Crippen molar-refractivity contribution in [2.24, 2.45) is 16.7 Å². The molecule has 0 spiro atoms. The number of hydrogen-bond acceptors (Lipinski definition) is 4. The maximum atomic E-state index is 11.7. The van der Waals surface area contributed by atoms with Crippen LogP contribution in [0.5, 0.6) is 0 Å². The van der Waals surface area contributed by atoms with Crippen LogP contribution in [0, 0.1) is 16.7 Å². The lowest BCUT2D eigenvalue weighted by Crippen LogP contribution is -2.35. The average molecular weight is 261 g/mol. The molecular formula is C15H19NO3. The summed E-state index contributed by atoms with van der Waals surface area (Å²) in [5.74, 6) is 0.276. The molecule has 0 saturated heterocycles. The minimum Gasteiger partial charge on any atom is -0.457 e. The molecule has 2 aliphatic carbocycles. The quantitative estimate of drug-likeness (QED) is 0.848. The zero-order valence-electron chi connectivity index (χ0n) is 11.5. The summed E-state index contributed by atoms with van der Waals surface area (Å²) in [5, 5.41) is 0. The van der Waals surface area contributed by atoms with Crippen molar-refractivity contribution in [3.63, 3.8) is 0 Å². The Kier molecular flexibility index (Phi) is 2.52. The van der Waals surface area contributed by atoms with E-state index in [2.05, 4.69) is 32.3 Å². The third-order valence-corrected chi connectivity index (χ3v) is 5.24. The molecule has 3 rings (SSSR count). The van der Waals surface area contributed by atoms with Crippen molar-refractivity contribution in [3.05, 3.63) is 35.9 Å². The summed E-state index contributed by atoms with van der Waals surface area (Å²) in [6, 6.07) is 3.25. The van der Waals surface area contributed by atoms with Gasteiger partial charge in [0.1, 0.15) is 0 Å². The first-order chi connectivity index (χ1) is 8.95. The van der Waals surface area contributed by atoms with E-state index in [1.807, 2.05) is 0 Å². The van der Waals surface area contributed by atoms with Gasteiger partial charge in [0.2, 0.25) is 5.76 Å². The first kappa shape index (κ1) is 12.3. The predicted octanol–water partition coefficient (Wildman–Crippen LogP) is 3.28. The van der Waals surface area contributed by atoms with Gasteiger partial charge >= 0.3 is 5.97 Å². The molecule has 19 heavy (non-hydrogen) atoms. The molecule has 102 valence electrons. The van der Waals surface area contributed by atoms with E-state index in [-0.39, 0.29) is 16.6 Å². The van der Waals surface area contributed by atoms with E-state index in [0.29, 0.717) is 5.92 Å². The van der Waals surface area contributed by atoms with Crippen molar-refractivity contribution >= 4 is 5.97 Å². The SMILES string of the molecule is CC12CCC(C=C1NOC(=O)c1ccco1)C2(C)C. The molecule has 2 aliphatic rings. The van der Waals surface area contributed by atoms with Gasteiger partial charge in [0.05, 0.1) is 12.0 Å². The third kappa shape index (κ3) is 1.62. The summed E-state index contributed by atoms with van der Waals surface area (Å²) in [4.78, 5) is 16.9. The smallest absolute Gasteiger partial charge is 0.398 e.